The lowest BCUT2D eigenvalue weighted by molar-refractivity contribution is 0.0599. The number of aliphatic hydroxyl groups is 1. The van der Waals surface area contributed by atoms with Crippen LogP contribution < -0.4 is 9.64 Å². The number of carbonyl (C=O) groups is 1. The smallest absolute Gasteiger partial charge is 0.337 e. The zero-order valence-electron chi connectivity index (χ0n) is 15.9. The van der Waals surface area contributed by atoms with Crippen molar-refractivity contribution in [2.45, 2.75) is 6.10 Å². The van der Waals surface area contributed by atoms with Gasteiger partial charge in [-0.15, -0.1) is 0 Å². The second-order valence-corrected chi connectivity index (χ2v) is 6.72. The number of rotatable bonds is 7. The number of hydrogen-bond acceptors (Lipinski definition) is 6. The Bertz CT molecular complexity index is 776. The summed E-state index contributed by atoms with van der Waals surface area (Å²) in [4.78, 5) is 15.6. The van der Waals surface area contributed by atoms with Crippen molar-refractivity contribution < 1.29 is 23.8 Å². The molecule has 1 heterocycles. The van der Waals surface area contributed by atoms with Gasteiger partial charge in [-0.05, 0) is 36.4 Å². The number of halogens is 1. The van der Waals surface area contributed by atoms with Gasteiger partial charge in [-0.2, -0.15) is 0 Å². The Morgan fingerprint density at radius 2 is 1.79 bits per heavy atom. The van der Waals surface area contributed by atoms with Crippen LogP contribution in [0.25, 0.3) is 0 Å². The minimum Gasteiger partial charge on any atom is -0.491 e. The van der Waals surface area contributed by atoms with E-state index in [0.717, 1.165) is 13.1 Å². The Labute approximate surface area is 164 Å². The van der Waals surface area contributed by atoms with Gasteiger partial charge in [-0.25, -0.2) is 9.18 Å². The predicted octanol–water partition coefficient (Wildman–Crippen LogP) is 2.17. The minimum absolute atomic E-state index is 0.158. The van der Waals surface area contributed by atoms with Gasteiger partial charge in [0.25, 0.3) is 0 Å². The van der Waals surface area contributed by atoms with E-state index in [0.29, 0.717) is 36.6 Å². The summed E-state index contributed by atoms with van der Waals surface area (Å²) in [6.45, 7) is 3.57. The number of hydrogen-bond donors (Lipinski definition) is 1. The highest BCUT2D eigenvalue weighted by Gasteiger charge is 2.21. The maximum Gasteiger partial charge on any atom is 0.337 e. The number of piperazine rings is 1. The van der Waals surface area contributed by atoms with Crippen molar-refractivity contribution in [1.82, 2.24) is 4.90 Å². The molecule has 0 saturated carbocycles. The van der Waals surface area contributed by atoms with Gasteiger partial charge in [0.15, 0.2) is 0 Å². The summed E-state index contributed by atoms with van der Waals surface area (Å²) in [5.41, 5.74) is 1.07. The van der Waals surface area contributed by atoms with Crippen LogP contribution in [-0.2, 0) is 4.74 Å². The lowest BCUT2D eigenvalue weighted by atomic mass is 10.2. The first kappa shape index (κ1) is 20.1. The van der Waals surface area contributed by atoms with Crippen molar-refractivity contribution in [2.24, 2.45) is 0 Å². The molecule has 1 atom stereocenters. The number of benzene rings is 2. The molecule has 1 saturated heterocycles. The number of anilines is 1. The Kier molecular flexibility index (Phi) is 6.84. The molecule has 150 valence electrons. The Balaban J connectivity index is 1.41. The first-order valence-corrected chi connectivity index (χ1v) is 9.28. The van der Waals surface area contributed by atoms with E-state index in [-0.39, 0.29) is 12.4 Å². The number of nitrogens with zero attached hydrogens (tertiary/aromatic N) is 2. The molecule has 7 heteroatoms. The third-order valence-corrected chi connectivity index (χ3v) is 4.75. The summed E-state index contributed by atoms with van der Waals surface area (Å²) in [5.74, 6) is -0.0280. The van der Waals surface area contributed by atoms with Gasteiger partial charge in [0.1, 0.15) is 24.3 Å². The summed E-state index contributed by atoms with van der Waals surface area (Å²) >= 11 is 0. The Hall–Kier alpha value is -2.64. The van der Waals surface area contributed by atoms with Crippen LogP contribution in [0.3, 0.4) is 0 Å². The van der Waals surface area contributed by atoms with Crippen LogP contribution in [-0.4, -0.2) is 68.5 Å². The van der Waals surface area contributed by atoms with E-state index in [1.165, 1.54) is 13.2 Å². The fourth-order valence-electron chi connectivity index (χ4n) is 3.23. The average molecular weight is 388 g/mol. The molecule has 2 aromatic carbocycles. The van der Waals surface area contributed by atoms with E-state index in [4.69, 9.17) is 4.74 Å². The Morgan fingerprint density at radius 3 is 2.43 bits per heavy atom. The highest BCUT2D eigenvalue weighted by molar-refractivity contribution is 5.89. The van der Waals surface area contributed by atoms with Crippen molar-refractivity contribution in [1.29, 1.82) is 0 Å². The predicted molar refractivity (Wildman–Crippen MR) is 104 cm³/mol. The molecule has 1 fully saturated rings. The van der Waals surface area contributed by atoms with Gasteiger partial charge in [0.2, 0.25) is 0 Å². The first-order chi connectivity index (χ1) is 13.6. The lowest BCUT2D eigenvalue weighted by Crippen LogP contribution is -2.49. The number of β-amino-alcohol motifs (C(OH)–C–C–N with tert-alkyl or cyclic N) is 1. The first-order valence-electron chi connectivity index (χ1n) is 9.28. The summed E-state index contributed by atoms with van der Waals surface area (Å²) in [7, 11) is 1.33. The van der Waals surface area contributed by atoms with Crippen molar-refractivity contribution in [3.63, 3.8) is 0 Å². The largest absolute Gasteiger partial charge is 0.491 e. The zero-order valence-corrected chi connectivity index (χ0v) is 15.9. The minimum atomic E-state index is -0.639. The van der Waals surface area contributed by atoms with Crippen molar-refractivity contribution >= 4 is 11.7 Å². The van der Waals surface area contributed by atoms with Crippen LogP contribution in [0, 0.1) is 5.82 Å². The number of methoxy groups -OCH3 is 1. The molecule has 0 bridgehead atoms. The van der Waals surface area contributed by atoms with E-state index in [2.05, 4.69) is 9.64 Å². The number of esters is 1. The highest BCUT2D eigenvalue weighted by atomic mass is 19.1. The summed E-state index contributed by atoms with van der Waals surface area (Å²) in [6.07, 6.45) is -0.639. The molecule has 0 aromatic heterocycles. The summed E-state index contributed by atoms with van der Waals surface area (Å²) in [6, 6.07) is 13.4. The van der Waals surface area contributed by atoms with E-state index >= 15 is 0 Å². The monoisotopic (exact) mass is 388 g/mol. The van der Waals surface area contributed by atoms with Crippen molar-refractivity contribution in [2.75, 3.05) is 51.3 Å². The van der Waals surface area contributed by atoms with E-state index in [1.807, 2.05) is 11.0 Å². The second-order valence-electron chi connectivity index (χ2n) is 6.72. The highest BCUT2D eigenvalue weighted by Crippen LogP contribution is 2.20. The van der Waals surface area contributed by atoms with E-state index in [1.54, 1.807) is 36.4 Å². The lowest BCUT2D eigenvalue weighted by Gasteiger charge is -2.36. The molecule has 0 radical (unpaired) electrons. The van der Waals surface area contributed by atoms with Gasteiger partial charge in [-0.3, -0.25) is 4.90 Å². The maximum absolute atomic E-state index is 13.9. The number of ether oxygens (including phenoxy) is 2. The summed E-state index contributed by atoms with van der Waals surface area (Å²) in [5, 5.41) is 10.3. The number of para-hydroxylation sites is 1. The molecule has 0 amide bonds. The average Bonchev–Trinajstić information content (AvgIpc) is 2.73. The third-order valence-electron chi connectivity index (χ3n) is 4.75. The number of aliphatic hydroxyl groups excluding tert-OH is 1. The van der Waals surface area contributed by atoms with Crippen LogP contribution in [0.5, 0.6) is 5.75 Å². The molecular formula is C21H25FN2O4. The maximum atomic E-state index is 13.9. The topological polar surface area (TPSA) is 62.2 Å². The van der Waals surface area contributed by atoms with Crippen LogP contribution >= 0.6 is 0 Å². The van der Waals surface area contributed by atoms with Crippen molar-refractivity contribution in [3.05, 3.63) is 59.9 Å². The SMILES string of the molecule is COC(=O)c1ccc(OC[C@H](O)CN2CCN(c3ccccc3F)CC2)cc1. The van der Waals surface area contributed by atoms with Crippen LogP contribution in [0.15, 0.2) is 48.5 Å². The number of carbonyl (C=O) groups excluding carboxylic acids is 1. The van der Waals surface area contributed by atoms with Gasteiger partial charge < -0.3 is 19.5 Å². The molecule has 0 spiro atoms. The summed E-state index contributed by atoms with van der Waals surface area (Å²) < 4.78 is 24.1. The van der Waals surface area contributed by atoms with E-state index < -0.39 is 12.1 Å². The standard InChI is InChI=1S/C21H25FN2O4/c1-27-21(26)16-6-8-18(9-7-16)28-15-17(25)14-23-10-12-24(13-11-23)20-5-3-2-4-19(20)22/h2-9,17,25H,10-15H2,1H3/t17-/m1/s1. The fourth-order valence-corrected chi connectivity index (χ4v) is 3.23. The van der Waals surface area contributed by atoms with Crippen LogP contribution in [0.1, 0.15) is 10.4 Å². The van der Waals surface area contributed by atoms with Gasteiger partial charge in [0.05, 0.1) is 18.4 Å². The zero-order chi connectivity index (χ0) is 19.9. The second kappa shape index (κ2) is 9.52. The van der Waals surface area contributed by atoms with Gasteiger partial charge >= 0.3 is 5.97 Å². The molecule has 0 aliphatic carbocycles. The molecule has 3 rings (SSSR count). The van der Waals surface area contributed by atoms with Gasteiger partial charge in [0, 0.05) is 32.7 Å². The van der Waals surface area contributed by atoms with Crippen LogP contribution in [0.4, 0.5) is 10.1 Å². The molecule has 2 aromatic rings. The normalized spacial score (nSPS) is 15.9. The molecule has 0 unspecified atom stereocenters. The molecule has 1 aliphatic heterocycles. The quantitative estimate of drug-likeness (QED) is 0.734. The molecule has 6 nitrogen and oxygen atoms in total. The molecule has 28 heavy (non-hydrogen) atoms. The fraction of sp³-hybridized carbons (Fsp3) is 0.381. The molecule has 1 N–H and O–H groups in total. The van der Waals surface area contributed by atoms with E-state index in [9.17, 15) is 14.3 Å². The molecule has 1 aliphatic rings. The van der Waals surface area contributed by atoms with Gasteiger partial charge in [-0.1, -0.05) is 12.1 Å². The van der Waals surface area contributed by atoms with Crippen molar-refractivity contribution in [3.8, 4) is 5.75 Å². The molecular weight excluding hydrogens is 363 g/mol. The third kappa shape index (κ3) is 5.21. The van der Waals surface area contributed by atoms with Crippen LogP contribution in [0.2, 0.25) is 0 Å². The Morgan fingerprint density at radius 1 is 1.11 bits per heavy atom.